The molecule has 0 saturated carbocycles. The van der Waals surface area contributed by atoms with Crippen molar-refractivity contribution >= 4 is 29.2 Å². The Morgan fingerprint density at radius 1 is 1.21 bits per heavy atom. The number of aromatic nitrogens is 2. The minimum atomic E-state index is 0.648. The molecule has 0 aliphatic heterocycles. The van der Waals surface area contributed by atoms with Crippen LogP contribution >= 0.6 is 23.4 Å². The first-order valence-corrected chi connectivity index (χ1v) is 7.34. The highest BCUT2D eigenvalue weighted by Crippen LogP contribution is 2.18. The van der Waals surface area contributed by atoms with E-state index in [4.69, 9.17) is 17.4 Å². The van der Waals surface area contributed by atoms with Crippen LogP contribution in [0.25, 0.3) is 0 Å². The van der Waals surface area contributed by atoms with E-state index in [2.05, 4.69) is 15.4 Å². The molecule has 1 heterocycles. The second kappa shape index (κ2) is 6.75. The molecule has 1 aromatic carbocycles. The minimum Gasteiger partial charge on any atom is -0.308 e. The number of nitrogens with two attached hydrogens (primary N) is 1. The van der Waals surface area contributed by atoms with Gasteiger partial charge >= 0.3 is 0 Å². The lowest BCUT2D eigenvalue weighted by atomic mass is 10.2. The number of aryl methyl sites for hydroxylation is 1. The second-order valence-electron chi connectivity index (χ2n) is 4.07. The lowest BCUT2D eigenvalue weighted by molar-refractivity contribution is 0.990. The zero-order valence-corrected chi connectivity index (χ0v) is 12.1. The number of benzene rings is 1. The first kappa shape index (κ1) is 14.1. The average molecular weight is 295 g/mol. The van der Waals surface area contributed by atoms with Crippen LogP contribution in [0.2, 0.25) is 5.02 Å². The summed E-state index contributed by atoms with van der Waals surface area (Å²) < 4.78 is 0. The Balaban J connectivity index is 1.92. The quantitative estimate of drug-likeness (QED) is 0.655. The average Bonchev–Trinajstić information content (AvgIpc) is 2.40. The maximum Gasteiger partial charge on any atom is 0.143 e. The van der Waals surface area contributed by atoms with E-state index in [1.807, 2.05) is 37.3 Å². The smallest absolute Gasteiger partial charge is 0.143 e. The summed E-state index contributed by atoms with van der Waals surface area (Å²) in [6.45, 7) is 1.93. The maximum atomic E-state index is 5.85. The molecule has 4 nitrogen and oxygen atoms in total. The Labute approximate surface area is 121 Å². The van der Waals surface area contributed by atoms with Gasteiger partial charge in [-0.25, -0.2) is 15.8 Å². The number of hydrazine groups is 1. The SMILES string of the molecule is Cc1cc(NN)nc(CSCc2ccc(Cl)cc2)n1. The van der Waals surface area contributed by atoms with Crippen molar-refractivity contribution < 1.29 is 0 Å². The third kappa shape index (κ3) is 4.38. The zero-order chi connectivity index (χ0) is 13.7. The molecule has 0 unspecified atom stereocenters. The fraction of sp³-hybridized carbons (Fsp3) is 0.231. The fourth-order valence-corrected chi connectivity index (χ4v) is 2.58. The highest BCUT2D eigenvalue weighted by molar-refractivity contribution is 7.97. The molecular formula is C13H15ClN4S. The molecule has 1 aromatic heterocycles. The molecule has 6 heteroatoms. The Morgan fingerprint density at radius 3 is 2.63 bits per heavy atom. The first-order valence-electron chi connectivity index (χ1n) is 5.81. The van der Waals surface area contributed by atoms with E-state index in [9.17, 15) is 0 Å². The van der Waals surface area contributed by atoms with Gasteiger partial charge in [0.1, 0.15) is 11.6 Å². The number of nitrogens with zero attached hydrogens (tertiary/aromatic N) is 2. The molecule has 0 fully saturated rings. The number of nitrogens with one attached hydrogen (secondary N) is 1. The number of anilines is 1. The third-order valence-corrected chi connectivity index (χ3v) is 3.71. The summed E-state index contributed by atoms with van der Waals surface area (Å²) in [5.41, 5.74) is 4.69. The lowest BCUT2D eigenvalue weighted by Gasteiger charge is -2.05. The molecule has 0 aliphatic rings. The predicted octanol–water partition coefficient (Wildman–Crippen LogP) is 3.16. The molecule has 0 spiro atoms. The molecule has 0 saturated heterocycles. The molecule has 0 aliphatic carbocycles. The number of nitrogen functional groups attached to an aromatic ring is 1. The van der Waals surface area contributed by atoms with Crippen molar-refractivity contribution in [3.8, 4) is 0 Å². The van der Waals surface area contributed by atoms with Crippen molar-refractivity contribution in [2.75, 3.05) is 5.43 Å². The molecule has 0 radical (unpaired) electrons. The van der Waals surface area contributed by atoms with Gasteiger partial charge in [-0.2, -0.15) is 0 Å². The Morgan fingerprint density at radius 2 is 1.95 bits per heavy atom. The van der Waals surface area contributed by atoms with Crippen LogP contribution in [0.15, 0.2) is 30.3 Å². The van der Waals surface area contributed by atoms with Crippen LogP contribution in [0.4, 0.5) is 5.82 Å². The van der Waals surface area contributed by atoms with E-state index in [1.54, 1.807) is 11.8 Å². The van der Waals surface area contributed by atoms with Gasteiger partial charge in [0.25, 0.3) is 0 Å². The molecule has 100 valence electrons. The van der Waals surface area contributed by atoms with Crippen LogP contribution in [-0.4, -0.2) is 9.97 Å². The molecule has 2 aromatic rings. The highest BCUT2D eigenvalue weighted by Gasteiger charge is 2.02. The minimum absolute atomic E-state index is 0.648. The summed E-state index contributed by atoms with van der Waals surface area (Å²) in [5, 5.41) is 0.759. The van der Waals surface area contributed by atoms with Crippen LogP contribution in [0.3, 0.4) is 0 Å². The Kier molecular flexibility index (Phi) is 5.01. The fourth-order valence-electron chi connectivity index (χ4n) is 1.61. The van der Waals surface area contributed by atoms with Crippen LogP contribution < -0.4 is 11.3 Å². The van der Waals surface area contributed by atoms with Crippen molar-refractivity contribution in [3.63, 3.8) is 0 Å². The summed E-state index contributed by atoms with van der Waals surface area (Å²) in [5.74, 6) is 8.45. The molecule has 0 atom stereocenters. The van der Waals surface area contributed by atoms with Gasteiger partial charge in [-0.1, -0.05) is 23.7 Å². The van der Waals surface area contributed by atoms with E-state index in [0.717, 1.165) is 28.0 Å². The van der Waals surface area contributed by atoms with Crippen molar-refractivity contribution in [3.05, 3.63) is 52.4 Å². The van der Waals surface area contributed by atoms with Gasteiger partial charge in [0.2, 0.25) is 0 Å². The normalized spacial score (nSPS) is 10.5. The number of rotatable bonds is 5. The monoisotopic (exact) mass is 294 g/mol. The molecule has 2 rings (SSSR count). The van der Waals surface area contributed by atoms with Gasteiger partial charge in [0.15, 0.2) is 0 Å². The van der Waals surface area contributed by atoms with Crippen LogP contribution in [0, 0.1) is 6.92 Å². The molecule has 0 amide bonds. The molecule has 0 bridgehead atoms. The van der Waals surface area contributed by atoms with Crippen molar-refractivity contribution in [1.82, 2.24) is 9.97 Å². The first-order chi connectivity index (χ1) is 9.17. The van der Waals surface area contributed by atoms with E-state index < -0.39 is 0 Å². The molecule has 3 N–H and O–H groups in total. The van der Waals surface area contributed by atoms with Gasteiger partial charge in [0.05, 0.1) is 5.75 Å². The summed E-state index contributed by atoms with van der Waals surface area (Å²) in [7, 11) is 0. The van der Waals surface area contributed by atoms with Crippen molar-refractivity contribution in [1.29, 1.82) is 0 Å². The van der Waals surface area contributed by atoms with Gasteiger partial charge in [-0.15, -0.1) is 11.8 Å². The number of hydrogen-bond acceptors (Lipinski definition) is 5. The number of thioether (sulfide) groups is 1. The summed E-state index contributed by atoms with van der Waals surface area (Å²) in [6, 6.07) is 9.67. The molecular weight excluding hydrogens is 280 g/mol. The second-order valence-corrected chi connectivity index (χ2v) is 5.50. The lowest BCUT2D eigenvalue weighted by Crippen LogP contribution is -2.10. The summed E-state index contributed by atoms with van der Waals surface area (Å²) >= 11 is 7.60. The molecule has 19 heavy (non-hydrogen) atoms. The van der Waals surface area contributed by atoms with Crippen molar-refractivity contribution in [2.24, 2.45) is 5.84 Å². The third-order valence-electron chi connectivity index (χ3n) is 2.46. The Bertz CT molecular complexity index is 545. The van der Waals surface area contributed by atoms with Gasteiger partial charge in [0, 0.05) is 22.5 Å². The van der Waals surface area contributed by atoms with Gasteiger partial charge < -0.3 is 5.43 Å². The van der Waals surface area contributed by atoms with Gasteiger partial charge in [-0.05, 0) is 24.6 Å². The van der Waals surface area contributed by atoms with E-state index in [1.165, 1.54) is 5.56 Å². The van der Waals surface area contributed by atoms with Crippen LogP contribution in [0.1, 0.15) is 17.1 Å². The zero-order valence-electron chi connectivity index (χ0n) is 10.6. The summed E-state index contributed by atoms with van der Waals surface area (Å²) in [6.07, 6.45) is 0. The van der Waals surface area contributed by atoms with E-state index >= 15 is 0 Å². The Hall–Kier alpha value is -1.30. The predicted molar refractivity (Wildman–Crippen MR) is 81.0 cm³/mol. The number of hydrogen-bond donors (Lipinski definition) is 2. The topological polar surface area (TPSA) is 63.8 Å². The van der Waals surface area contributed by atoms with Gasteiger partial charge in [-0.3, -0.25) is 0 Å². The standard InChI is InChI=1S/C13H15ClN4S/c1-9-6-12(18-15)17-13(16-9)8-19-7-10-2-4-11(14)5-3-10/h2-6H,7-8,15H2,1H3,(H,16,17,18). The van der Waals surface area contributed by atoms with Crippen LogP contribution in [0.5, 0.6) is 0 Å². The largest absolute Gasteiger partial charge is 0.308 e. The number of halogens is 1. The van der Waals surface area contributed by atoms with E-state index in [0.29, 0.717) is 5.82 Å². The highest BCUT2D eigenvalue weighted by atomic mass is 35.5. The van der Waals surface area contributed by atoms with Crippen LogP contribution in [-0.2, 0) is 11.5 Å². The van der Waals surface area contributed by atoms with Crippen molar-refractivity contribution in [2.45, 2.75) is 18.4 Å². The van der Waals surface area contributed by atoms with E-state index in [-0.39, 0.29) is 0 Å². The maximum absolute atomic E-state index is 5.85. The summed E-state index contributed by atoms with van der Waals surface area (Å²) in [4.78, 5) is 8.69.